The molecule has 0 heterocycles. The fourth-order valence-electron chi connectivity index (χ4n) is 2.83. The SMILES string of the molecule is Cc1c(Br)cccc1C(=O)NC(CN)C1CCCC1. The highest BCUT2D eigenvalue weighted by molar-refractivity contribution is 9.10. The first kappa shape index (κ1) is 14.5. The molecule has 19 heavy (non-hydrogen) atoms. The summed E-state index contributed by atoms with van der Waals surface area (Å²) in [6, 6.07) is 5.80. The Morgan fingerprint density at radius 3 is 2.79 bits per heavy atom. The van der Waals surface area contributed by atoms with Gasteiger partial charge in [0.2, 0.25) is 0 Å². The summed E-state index contributed by atoms with van der Waals surface area (Å²) in [7, 11) is 0. The number of nitrogens with two attached hydrogens (primary N) is 1. The number of carbonyl (C=O) groups is 1. The number of hydrogen-bond acceptors (Lipinski definition) is 2. The van der Waals surface area contributed by atoms with E-state index in [4.69, 9.17) is 5.73 Å². The molecule has 2 rings (SSSR count). The van der Waals surface area contributed by atoms with Crippen molar-refractivity contribution in [2.45, 2.75) is 38.6 Å². The number of halogens is 1. The molecule has 0 aliphatic heterocycles. The van der Waals surface area contributed by atoms with Crippen molar-refractivity contribution in [1.82, 2.24) is 5.32 Å². The Bertz CT molecular complexity index is 455. The van der Waals surface area contributed by atoms with E-state index in [1.165, 1.54) is 25.7 Å². The first-order chi connectivity index (χ1) is 9.13. The lowest BCUT2D eigenvalue weighted by Gasteiger charge is -2.23. The van der Waals surface area contributed by atoms with Crippen LogP contribution >= 0.6 is 15.9 Å². The summed E-state index contributed by atoms with van der Waals surface area (Å²) in [6.45, 7) is 2.47. The number of nitrogens with one attached hydrogen (secondary N) is 1. The summed E-state index contributed by atoms with van der Waals surface area (Å²) in [5, 5.41) is 3.11. The van der Waals surface area contributed by atoms with E-state index in [1.54, 1.807) is 0 Å². The Kier molecular flexibility index (Phi) is 4.99. The third-order valence-corrected chi connectivity index (χ3v) is 4.91. The molecule has 0 saturated heterocycles. The first-order valence-corrected chi connectivity index (χ1v) is 7.69. The van der Waals surface area contributed by atoms with Crippen LogP contribution in [0.15, 0.2) is 22.7 Å². The van der Waals surface area contributed by atoms with E-state index in [9.17, 15) is 4.79 Å². The van der Waals surface area contributed by atoms with Gasteiger partial charge in [-0.1, -0.05) is 34.8 Å². The highest BCUT2D eigenvalue weighted by Crippen LogP contribution is 2.28. The summed E-state index contributed by atoms with van der Waals surface area (Å²) in [6.07, 6.45) is 4.87. The van der Waals surface area contributed by atoms with Crippen molar-refractivity contribution in [3.8, 4) is 0 Å². The van der Waals surface area contributed by atoms with Gasteiger partial charge in [-0.3, -0.25) is 4.79 Å². The monoisotopic (exact) mass is 324 g/mol. The fourth-order valence-corrected chi connectivity index (χ4v) is 3.19. The summed E-state index contributed by atoms with van der Waals surface area (Å²) >= 11 is 3.46. The molecule has 1 aliphatic rings. The Morgan fingerprint density at radius 1 is 1.47 bits per heavy atom. The van der Waals surface area contributed by atoms with Crippen LogP contribution in [-0.2, 0) is 0 Å². The standard InChI is InChI=1S/C15H21BrN2O/c1-10-12(7-4-8-13(10)16)15(19)18-14(9-17)11-5-2-3-6-11/h4,7-8,11,14H,2-3,5-6,9,17H2,1H3,(H,18,19). The minimum atomic E-state index is -0.0128. The Morgan fingerprint density at radius 2 is 2.16 bits per heavy atom. The second-order valence-corrected chi connectivity index (χ2v) is 6.13. The number of rotatable bonds is 4. The van der Waals surface area contributed by atoms with E-state index in [2.05, 4.69) is 21.2 Å². The minimum absolute atomic E-state index is 0.0128. The minimum Gasteiger partial charge on any atom is -0.348 e. The van der Waals surface area contributed by atoms with Gasteiger partial charge in [0.25, 0.3) is 5.91 Å². The predicted molar refractivity (Wildman–Crippen MR) is 81.1 cm³/mol. The molecule has 0 bridgehead atoms. The number of carbonyl (C=O) groups excluding carboxylic acids is 1. The van der Waals surface area contributed by atoms with Crippen LogP contribution in [0.25, 0.3) is 0 Å². The molecule has 3 nitrogen and oxygen atoms in total. The highest BCUT2D eigenvalue weighted by Gasteiger charge is 2.26. The zero-order chi connectivity index (χ0) is 13.8. The number of amides is 1. The molecule has 4 heteroatoms. The van der Waals surface area contributed by atoms with Crippen LogP contribution in [-0.4, -0.2) is 18.5 Å². The lowest BCUT2D eigenvalue weighted by Crippen LogP contribution is -2.44. The molecule has 1 amide bonds. The van der Waals surface area contributed by atoms with Crippen molar-refractivity contribution in [2.24, 2.45) is 11.7 Å². The molecular weight excluding hydrogens is 304 g/mol. The largest absolute Gasteiger partial charge is 0.348 e. The van der Waals surface area contributed by atoms with Gasteiger partial charge >= 0.3 is 0 Å². The van der Waals surface area contributed by atoms with Crippen LogP contribution < -0.4 is 11.1 Å². The molecule has 1 atom stereocenters. The maximum atomic E-state index is 12.4. The zero-order valence-electron chi connectivity index (χ0n) is 11.3. The maximum Gasteiger partial charge on any atom is 0.251 e. The lowest BCUT2D eigenvalue weighted by atomic mass is 9.97. The molecule has 1 aliphatic carbocycles. The van der Waals surface area contributed by atoms with E-state index in [0.717, 1.165) is 15.6 Å². The van der Waals surface area contributed by atoms with E-state index < -0.39 is 0 Å². The van der Waals surface area contributed by atoms with E-state index in [0.29, 0.717) is 12.5 Å². The van der Waals surface area contributed by atoms with Gasteiger partial charge in [-0.2, -0.15) is 0 Å². The third kappa shape index (κ3) is 3.37. The lowest BCUT2D eigenvalue weighted by molar-refractivity contribution is 0.0923. The molecule has 1 unspecified atom stereocenters. The molecule has 0 aromatic heterocycles. The van der Waals surface area contributed by atoms with Gasteiger partial charge in [-0.25, -0.2) is 0 Å². The fraction of sp³-hybridized carbons (Fsp3) is 0.533. The topological polar surface area (TPSA) is 55.1 Å². The average molecular weight is 325 g/mol. The van der Waals surface area contributed by atoms with Crippen molar-refractivity contribution < 1.29 is 4.79 Å². The van der Waals surface area contributed by atoms with Crippen molar-refractivity contribution in [2.75, 3.05) is 6.54 Å². The quantitative estimate of drug-likeness (QED) is 0.894. The molecule has 104 valence electrons. The van der Waals surface area contributed by atoms with Crippen molar-refractivity contribution in [3.05, 3.63) is 33.8 Å². The normalized spacial score (nSPS) is 17.4. The van der Waals surface area contributed by atoms with Gasteiger partial charge in [-0.05, 0) is 43.4 Å². The molecule has 1 saturated carbocycles. The van der Waals surface area contributed by atoms with Crippen LogP contribution in [0.3, 0.4) is 0 Å². The van der Waals surface area contributed by atoms with Crippen molar-refractivity contribution >= 4 is 21.8 Å². The van der Waals surface area contributed by atoms with Crippen LogP contribution in [0.4, 0.5) is 0 Å². The number of hydrogen-bond donors (Lipinski definition) is 2. The van der Waals surface area contributed by atoms with E-state index in [1.807, 2.05) is 25.1 Å². The van der Waals surface area contributed by atoms with Gasteiger partial charge in [0, 0.05) is 22.6 Å². The van der Waals surface area contributed by atoms with Crippen LogP contribution in [0.1, 0.15) is 41.6 Å². The smallest absolute Gasteiger partial charge is 0.251 e. The van der Waals surface area contributed by atoms with Crippen LogP contribution in [0.5, 0.6) is 0 Å². The molecular formula is C15H21BrN2O. The van der Waals surface area contributed by atoms with E-state index in [-0.39, 0.29) is 11.9 Å². The summed E-state index contributed by atoms with van der Waals surface area (Å²) < 4.78 is 0.963. The summed E-state index contributed by atoms with van der Waals surface area (Å²) in [5.41, 5.74) is 7.52. The van der Waals surface area contributed by atoms with Crippen molar-refractivity contribution in [3.63, 3.8) is 0 Å². The highest BCUT2D eigenvalue weighted by atomic mass is 79.9. The summed E-state index contributed by atoms with van der Waals surface area (Å²) in [4.78, 5) is 12.4. The molecule has 1 fully saturated rings. The van der Waals surface area contributed by atoms with Gasteiger partial charge < -0.3 is 11.1 Å². The Labute approximate surface area is 123 Å². The third-order valence-electron chi connectivity index (χ3n) is 4.05. The Hall–Kier alpha value is -0.870. The Balaban J connectivity index is 2.08. The second-order valence-electron chi connectivity index (χ2n) is 5.27. The first-order valence-electron chi connectivity index (χ1n) is 6.89. The number of benzene rings is 1. The average Bonchev–Trinajstić information content (AvgIpc) is 2.92. The van der Waals surface area contributed by atoms with Gasteiger partial charge in [0.05, 0.1) is 0 Å². The van der Waals surface area contributed by atoms with Crippen LogP contribution in [0, 0.1) is 12.8 Å². The second kappa shape index (κ2) is 6.53. The molecule has 0 spiro atoms. The van der Waals surface area contributed by atoms with Gasteiger partial charge in [-0.15, -0.1) is 0 Å². The predicted octanol–water partition coefficient (Wildman–Crippen LogP) is 3.00. The molecule has 1 aromatic carbocycles. The maximum absolute atomic E-state index is 12.4. The summed E-state index contributed by atoms with van der Waals surface area (Å²) in [5.74, 6) is 0.530. The zero-order valence-corrected chi connectivity index (χ0v) is 12.9. The van der Waals surface area contributed by atoms with Crippen molar-refractivity contribution in [1.29, 1.82) is 0 Å². The van der Waals surface area contributed by atoms with Crippen LogP contribution in [0.2, 0.25) is 0 Å². The molecule has 1 aromatic rings. The van der Waals surface area contributed by atoms with Gasteiger partial charge in [0.15, 0.2) is 0 Å². The molecule has 3 N–H and O–H groups in total. The van der Waals surface area contributed by atoms with E-state index >= 15 is 0 Å². The van der Waals surface area contributed by atoms with Gasteiger partial charge in [0.1, 0.15) is 0 Å². The molecule has 0 radical (unpaired) electrons.